The van der Waals surface area contributed by atoms with Crippen molar-refractivity contribution in [2.45, 2.75) is 36.6 Å². The number of rotatable bonds is 6. The van der Waals surface area contributed by atoms with Gasteiger partial charge in [0.25, 0.3) is 0 Å². The molecule has 0 aliphatic carbocycles. The Hall–Kier alpha value is -2.38. The normalized spacial score (nSPS) is 15.9. The van der Waals surface area contributed by atoms with Gasteiger partial charge in [0.15, 0.2) is 0 Å². The van der Waals surface area contributed by atoms with Gasteiger partial charge in [-0.2, -0.15) is 4.68 Å². The molecule has 0 saturated carbocycles. The van der Waals surface area contributed by atoms with E-state index < -0.39 is 0 Å². The first kappa shape index (κ1) is 20.9. The van der Waals surface area contributed by atoms with E-state index in [-0.39, 0.29) is 11.2 Å². The van der Waals surface area contributed by atoms with Gasteiger partial charge in [-0.3, -0.25) is 4.79 Å². The van der Waals surface area contributed by atoms with Crippen molar-refractivity contribution >= 4 is 29.3 Å². The van der Waals surface area contributed by atoms with Crippen LogP contribution >= 0.6 is 23.4 Å². The van der Waals surface area contributed by atoms with Gasteiger partial charge < -0.3 is 4.90 Å². The maximum atomic E-state index is 13.0. The number of carbonyl (C=O) groups excluding carboxylic acids is 1. The molecule has 1 unspecified atom stereocenters. The van der Waals surface area contributed by atoms with Crippen molar-refractivity contribution in [1.82, 2.24) is 25.1 Å². The van der Waals surface area contributed by atoms with Crippen molar-refractivity contribution in [2.75, 3.05) is 13.1 Å². The molecule has 0 radical (unpaired) electrons. The molecule has 3 aromatic rings. The van der Waals surface area contributed by atoms with Crippen LogP contribution in [0.5, 0.6) is 0 Å². The van der Waals surface area contributed by atoms with Crippen LogP contribution in [-0.4, -0.2) is 49.4 Å². The molecule has 1 aliphatic heterocycles. The monoisotopic (exact) mass is 441 g/mol. The maximum absolute atomic E-state index is 13.0. The number of carbonyl (C=O) groups is 1. The molecule has 0 spiro atoms. The molecule has 1 saturated heterocycles. The van der Waals surface area contributed by atoms with E-state index >= 15 is 0 Å². The largest absolute Gasteiger partial charge is 0.342 e. The molecule has 156 valence electrons. The van der Waals surface area contributed by atoms with Crippen LogP contribution in [0.25, 0.3) is 5.69 Å². The molecule has 8 heteroatoms. The number of hydrogen-bond donors (Lipinski definition) is 0. The number of aromatic nitrogens is 4. The number of thioether (sulfide) groups is 1. The average Bonchev–Trinajstić information content (AvgIpc) is 3.22. The number of benzene rings is 2. The lowest BCUT2D eigenvalue weighted by atomic mass is 9.90. The van der Waals surface area contributed by atoms with Gasteiger partial charge in [0.2, 0.25) is 11.1 Å². The molecule has 1 aliphatic rings. The second-order valence-corrected chi connectivity index (χ2v) is 9.32. The summed E-state index contributed by atoms with van der Waals surface area (Å²) in [7, 11) is 0. The fraction of sp³-hybridized carbons (Fsp3) is 0.364. The van der Waals surface area contributed by atoms with Crippen molar-refractivity contribution in [2.24, 2.45) is 5.92 Å². The fourth-order valence-corrected chi connectivity index (χ4v) is 4.87. The summed E-state index contributed by atoms with van der Waals surface area (Å²) in [6.45, 7) is 3.53. The van der Waals surface area contributed by atoms with E-state index in [1.165, 1.54) is 17.3 Å². The van der Waals surface area contributed by atoms with E-state index in [0.29, 0.717) is 16.1 Å². The lowest BCUT2D eigenvalue weighted by Crippen LogP contribution is -2.42. The van der Waals surface area contributed by atoms with Gasteiger partial charge >= 0.3 is 0 Å². The zero-order valence-electron chi connectivity index (χ0n) is 16.8. The quantitative estimate of drug-likeness (QED) is 0.534. The Morgan fingerprint density at radius 2 is 1.93 bits per heavy atom. The predicted octanol–water partition coefficient (Wildman–Crippen LogP) is 4.28. The van der Waals surface area contributed by atoms with Gasteiger partial charge in [0.05, 0.1) is 10.9 Å². The second-order valence-electron chi connectivity index (χ2n) is 7.57. The summed E-state index contributed by atoms with van der Waals surface area (Å²) in [5, 5.41) is 12.9. The third-order valence-electron chi connectivity index (χ3n) is 5.42. The van der Waals surface area contributed by atoms with Crippen LogP contribution in [-0.2, 0) is 11.2 Å². The van der Waals surface area contributed by atoms with Crippen molar-refractivity contribution in [3.8, 4) is 5.69 Å². The van der Waals surface area contributed by atoms with Crippen LogP contribution in [0, 0.1) is 5.92 Å². The highest BCUT2D eigenvalue weighted by molar-refractivity contribution is 8.00. The molecule has 1 fully saturated rings. The molecule has 6 nitrogen and oxygen atoms in total. The Labute approximate surface area is 185 Å². The van der Waals surface area contributed by atoms with E-state index in [2.05, 4.69) is 39.8 Å². The highest BCUT2D eigenvalue weighted by atomic mass is 35.5. The fourth-order valence-electron chi connectivity index (χ4n) is 3.79. The van der Waals surface area contributed by atoms with E-state index in [4.69, 9.17) is 11.6 Å². The number of likely N-dealkylation sites (tertiary alicyclic amines) is 1. The van der Waals surface area contributed by atoms with Crippen molar-refractivity contribution in [1.29, 1.82) is 0 Å². The van der Waals surface area contributed by atoms with E-state index in [1.54, 1.807) is 16.8 Å². The molecule has 1 amide bonds. The summed E-state index contributed by atoms with van der Waals surface area (Å²) in [5.41, 5.74) is 2.15. The summed E-state index contributed by atoms with van der Waals surface area (Å²) in [6, 6.07) is 17.9. The van der Waals surface area contributed by atoms with Crippen LogP contribution in [0.3, 0.4) is 0 Å². The summed E-state index contributed by atoms with van der Waals surface area (Å²) in [4.78, 5) is 15.0. The van der Waals surface area contributed by atoms with Gasteiger partial charge in [-0.05, 0) is 66.3 Å². The summed E-state index contributed by atoms with van der Waals surface area (Å²) >= 11 is 7.46. The minimum absolute atomic E-state index is 0.138. The molecule has 30 heavy (non-hydrogen) atoms. The predicted molar refractivity (Wildman–Crippen MR) is 119 cm³/mol. The molecular formula is C22H24ClN5OS. The van der Waals surface area contributed by atoms with Gasteiger partial charge in [-0.1, -0.05) is 59.8 Å². The third-order valence-corrected chi connectivity index (χ3v) is 6.67. The summed E-state index contributed by atoms with van der Waals surface area (Å²) < 4.78 is 1.62. The van der Waals surface area contributed by atoms with Crippen molar-refractivity contribution < 1.29 is 4.79 Å². The average molecular weight is 442 g/mol. The molecule has 2 heterocycles. The second kappa shape index (κ2) is 9.62. The van der Waals surface area contributed by atoms with Crippen molar-refractivity contribution in [3.05, 3.63) is 65.2 Å². The maximum Gasteiger partial charge on any atom is 0.235 e. The van der Waals surface area contributed by atoms with Crippen LogP contribution < -0.4 is 0 Å². The molecule has 2 aromatic carbocycles. The minimum Gasteiger partial charge on any atom is -0.342 e. The molecule has 0 bridgehead atoms. The molecule has 4 rings (SSSR count). The topological polar surface area (TPSA) is 63.9 Å². The zero-order chi connectivity index (χ0) is 20.9. The number of hydrogen-bond acceptors (Lipinski definition) is 5. The van der Waals surface area contributed by atoms with Crippen LogP contribution in [0.15, 0.2) is 59.8 Å². The SMILES string of the molecule is CC(Sc1nnnn1-c1cccc(Cl)c1)C(=O)N1CCC(Cc2ccccc2)CC1. The van der Waals surface area contributed by atoms with E-state index in [0.717, 1.165) is 38.0 Å². The Balaban J connectivity index is 1.34. The smallest absolute Gasteiger partial charge is 0.235 e. The van der Waals surface area contributed by atoms with Crippen LogP contribution in [0.4, 0.5) is 0 Å². The zero-order valence-corrected chi connectivity index (χ0v) is 18.4. The van der Waals surface area contributed by atoms with Gasteiger partial charge in [-0.15, -0.1) is 5.10 Å². The number of halogens is 1. The highest BCUT2D eigenvalue weighted by Crippen LogP contribution is 2.27. The lowest BCUT2D eigenvalue weighted by molar-refractivity contribution is -0.131. The Bertz CT molecular complexity index is 988. The van der Waals surface area contributed by atoms with E-state index in [1.807, 2.05) is 30.0 Å². The Kier molecular flexibility index (Phi) is 6.69. The van der Waals surface area contributed by atoms with Gasteiger partial charge in [-0.25, -0.2) is 0 Å². The highest BCUT2D eigenvalue weighted by Gasteiger charge is 2.28. The van der Waals surface area contributed by atoms with Crippen molar-refractivity contribution in [3.63, 3.8) is 0 Å². The van der Waals surface area contributed by atoms with Crippen LogP contribution in [0.2, 0.25) is 5.02 Å². The number of amides is 1. The first-order valence-corrected chi connectivity index (χ1v) is 11.4. The molecular weight excluding hydrogens is 418 g/mol. The summed E-state index contributed by atoms with van der Waals surface area (Å²) in [6.07, 6.45) is 3.16. The number of tetrazole rings is 1. The Morgan fingerprint density at radius 1 is 1.17 bits per heavy atom. The first-order chi connectivity index (χ1) is 14.6. The standard InChI is InChI=1S/C22H24ClN5OS/c1-16(30-22-24-25-26-28(22)20-9-5-8-19(23)15-20)21(29)27-12-10-18(11-13-27)14-17-6-3-2-4-7-17/h2-9,15-16,18H,10-14H2,1H3. The van der Waals surface area contributed by atoms with Gasteiger partial charge in [0.1, 0.15) is 0 Å². The molecule has 1 atom stereocenters. The lowest BCUT2D eigenvalue weighted by Gasteiger charge is -2.33. The minimum atomic E-state index is -0.264. The third kappa shape index (κ3) is 5.02. The Morgan fingerprint density at radius 3 is 2.67 bits per heavy atom. The van der Waals surface area contributed by atoms with Gasteiger partial charge in [0, 0.05) is 18.1 Å². The van der Waals surface area contributed by atoms with E-state index in [9.17, 15) is 4.79 Å². The summed E-state index contributed by atoms with van der Waals surface area (Å²) in [5.74, 6) is 0.772. The van der Waals surface area contributed by atoms with Crippen LogP contribution in [0.1, 0.15) is 25.3 Å². The molecule has 1 aromatic heterocycles. The first-order valence-electron chi connectivity index (χ1n) is 10.1. The molecule has 0 N–H and O–H groups in total. The number of piperidine rings is 1. The number of nitrogens with zero attached hydrogens (tertiary/aromatic N) is 5.